The Labute approximate surface area is 194 Å². The highest BCUT2D eigenvalue weighted by molar-refractivity contribution is 5.32. The second-order valence-corrected chi connectivity index (χ2v) is 7.66. The van der Waals surface area contributed by atoms with E-state index < -0.39 is 0 Å². The van der Waals surface area contributed by atoms with Crippen molar-refractivity contribution < 1.29 is 14.2 Å². The van der Waals surface area contributed by atoms with Gasteiger partial charge in [-0.25, -0.2) is 15.0 Å². The minimum atomic E-state index is 0.623. The van der Waals surface area contributed by atoms with Crippen LogP contribution in [-0.4, -0.2) is 36.3 Å². The molecule has 6 nitrogen and oxygen atoms in total. The van der Waals surface area contributed by atoms with E-state index in [0.29, 0.717) is 19.3 Å². The Bertz CT molecular complexity index is 1010. The smallest absolute Gasteiger partial charge is 0.137 e. The Morgan fingerprint density at radius 1 is 0.424 bits per heavy atom. The van der Waals surface area contributed by atoms with Crippen molar-refractivity contribution in [1.29, 1.82) is 0 Å². The summed E-state index contributed by atoms with van der Waals surface area (Å²) in [7, 11) is 4.99. The molecule has 0 atom stereocenters. The highest BCUT2D eigenvalue weighted by Crippen LogP contribution is 2.18. The van der Waals surface area contributed by atoms with E-state index in [0.717, 1.165) is 51.4 Å². The molecule has 0 radical (unpaired) electrons. The first-order valence-electron chi connectivity index (χ1n) is 10.8. The largest absolute Gasteiger partial charge is 0.497 e. The lowest BCUT2D eigenvalue weighted by Gasteiger charge is -2.09. The van der Waals surface area contributed by atoms with Crippen molar-refractivity contribution >= 4 is 0 Å². The zero-order valence-corrected chi connectivity index (χ0v) is 19.1. The molecule has 168 valence electrons. The van der Waals surface area contributed by atoms with Crippen LogP contribution >= 0.6 is 0 Å². The third kappa shape index (κ3) is 6.07. The molecule has 0 aliphatic rings. The van der Waals surface area contributed by atoms with Gasteiger partial charge in [-0.1, -0.05) is 36.4 Å². The van der Waals surface area contributed by atoms with Gasteiger partial charge in [0.1, 0.15) is 34.7 Å². The van der Waals surface area contributed by atoms with Gasteiger partial charge in [0.05, 0.1) is 21.3 Å². The number of nitrogens with zero attached hydrogens (tertiary/aromatic N) is 3. The Balaban J connectivity index is 1.61. The predicted molar refractivity (Wildman–Crippen MR) is 127 cm³/mol. The van der Waals surface area contributed by atoms with E-state index in [1.165, 1.54) is 0 Å². The van der Waals surface area contributed by atoms with Gasteiger partial charge in [0.2, 0.25) is 0 Å². The summed E-state index contributed by atoms with van der Waals surface area (Å²) in [6, 6.07) is 23.9. The SMILES string of the molecule is COc1ccc(Cc2nc(Cc3ccc(OC)cc3)nc(Cc3ccc(OC)cc3)n2)cc1. The van der Waals surface area contributed by atoms with Crippen LogP contribution in [0.2, 0.25) is 0 Å². The van der Waals surface area contributed by atoms with Gasteiger partial charge in [0.25, 0.3) is 0 Å². The molecule has 0 aliphatic carbocycles. The highest BCUT2D eigenvalue weighted by atomic mass is 16.5. The molecule has 0 spiro atoms. The summed E-state index contributed by atoms with van der Waals surface area (Å²) in [5, 5.41) is 0. The monoisotopic (exact) mass is 441 g/mol. The molecule has 6 heteroatoms. The van der Waals surface area contributed by atoms with Crippen molar-refractivity contribution in [3.05, 3.63) is 107 Å². The van der Waals surface area contributed by atoms with Gasteiger partial charge in [-0.15, -0.1) is 0 Å². The first-order chi connectivity index (χ1) is 16.1. The second-order valence-electron chi connectivity index (χ2n) is 7.66. The first-order valence-corrected chi connectivity index (χ1v) is 10.8. The fourth-order valence-electron chi connectivity index (χ4n) is 3.54. The number of hydrogen-bond donors (Lipinski definition) is 0. The van der Waals surface area contributed by atoms with Crippen molar-refractivity contribution in [2.24, 2.45) is 0 Å². The predicted octanol–water partition coefficient (Wildman–Crippen LogP) is 4.67. The van der Waals surface area contributed by atoms with Crippen LogP contribution < -0.4 is 14.2 Å². The first kappa shape index (κ1) is 22.3. The van der Waals surface area contributed by atoms with Crippen LogP contribution in [-0.2, 0) is 19.3 Å². The van der Waals surface area contributed by atoms with E-state index in [4.69, 9.17) is 29.2 Å². The van der Waals surface area contributed by atoms with E-state index in [1.54, 1.807) is 21.3 Å². The number of rotatable bonds is 9. The van der Waals surface area contributed by atoms with Crippen LogP contribution in [0.3, 0.4) is 0 Å². The van der Waals surface area contributed by atoms with Crippen molar-refractivity contribution in [3.63, 3.8) is 0 Å². The Morgan fingerprint density at radius 2 is 0.667 bits per heavy atom. The molecule has 1 aromatic heterocycles. The van der Waals surface area contributed by atoms with Gasteiger partial charge >= 0.3 is 0 Å². The van der Waals surface area contributed by atoms with Crippen molar-refractivity contribution in [1.82, 2.24) is 15.0 Å². The lowest BCUT2D eigenvalue weighted by molar-refractivity contribution is 0.414. The lowest BCUT2D eigenvalue weighted by atomic mass is 10.1. The maximum absolute atomic E-state index is 5.26. The van der Waals surface area contributed by atoms with Gasteiger partial charge in [-0.3, -0.25) is 0 Å². The summed E-state index contributed by atoms with van der Waals surface area (Å²) < 4.78 is 15.8. The maximum Gasteiger partial charge on any atom is 0.137 e. The van der Waals surface area contributed by atoms with Crippen LogP contribution in [0.25, 0.3) is 0 Å². The topological polar surface area (TPSA) is 66.4 Å². The van der Waals surface area contributed by atoms with E-state index >= 15 is 0 Å². The molecule has 0 aliphatic heterocycles. The third-order valence-corrected chi connectivity index (χ3v) is 5.34. The fourth-order valence-corrected chi connectivity index (χ4v) is 3.54. The Morgan fingerprint density at radius 3 is 0.879 bits per heavy atom. The molecule has 0 amide bonds. The van der Waals surface area contributed by atoms with Gasteiger partial charge in [0, 0.05) is 19.3 Å². The molecule has 0 saturated heterocycles. The van der Waals surface area contributed by atoms with Gasteiger partial charge in [-0.05, 0) is 53.1 Å². The van der Waals surface area contributed by atoms with E-state index in [9.17, 15) is 0 Å². The molecular weight excluding hydrogens is 414 g/mol. The van der Waals surface area contributed by atoms with E-state index in [2.05, 4.69) is 0 Å². The molecule has 4 aromatic rings. The van der Waals surface area contributed by atoms with E-state index in [1.807, 2.05) is 72.8 Å². The quantitative estimate of drug-likeness (QED) is 0.376. The van der Waals surface area contributed by atoms with Gasteiger partial charge < -0.3 is 14.2 Å². The number of methoxy groups -OCH3 is 3. The molecule has 3 aromatic carbocycles. The molecule has 1 heterocycles. The van der Waals surface area contributed by atoms with Crippen LogP contribution in [0.5, 0.6) is 17.2 Å². The number of ether oxygens (including phenoxy) is 3. The van der Waals surface area contributed by atoms with Crippen LogP contribution in [0, 0.1) is 0 Å². The summed E-state index contributed by atoms with van der Waals surface area (Å²) in [5.41, 5.74) is 3.35. The van der Waals surface area contributed by atoms with E-state index in [-0.39, 0.29) is 0 Å². The second kappa shape index (κ2) is 10.6. The summed E-state index contributed by atoms with van der Waals surface area (Å²) in [4.78, 5) is 14.3. The summed E-state index contributed by atoms with van der Waals surface area (Å²) in [6.07, 6.45) is 1.87. The van der Waals surface area contributed by atoms with Crippen molar-refractivity contribution in [2.45, 2.75) is 19.3 Å². The average Bonchev–Trinajstić information content (AvgIpc) is 2.85. The standard InChI is InChI=1S/C27H27N3O3/c1-31-22-10-4-19(5-11-22)16-25-28-26(17-20-6-12-23(32-2)13-7-20)30-27(29-25)18-21-8-14-24(33-3)15-9-21/h4-15H,16-18H2,1-3H3. The van der Waals surface area contributed by atoms with Crippen LogP contribution in [0.1, 0.15) is 34.2 Å². The number of benzene rings is 3. The maximum atomic E-state index is 5.26. The lowest BCUT2D eigenvalue weighted by Crippen LogP contribution is -2.09. The summed E-state index contributed by atoms with van der Waals surface area (Å²) in [5.74, 6) is 4.74. The average molecular weight is 442 g/mol. The summed E-state index contributed by atoms with van der Waals surface area (Å²) in [6.45, 7) is 0. The molecular formula is C27H27N3O3. The molecule has 0 bridgehead atoms. The number of hydrogen-bond acceptors (Lipinski definition) is 6. The summed E-state index contributed by atoms with van der Waals surface area (Å²) >= 11 is 0. The van der Waals surface area contributed by atoms with Gasteiger partial charge in [0.15, 0.2) is 0 Å². The molecule has 0 fully saturated rings. The van der Waals surface area contributed by atoms with Crippen LogP contribution in [0.4, 0.5) is 0 Å². The Kier molecular flexibility index (Phi) is 7.15. The molecule has 4 rings (SSSR count). The van der Waals surface area contributed by atoms with Gasteiger partial charge in [-0.2, -0.15) is 0 Å². The molecule has 0 unspecified atom stereocenters. The fraction of sp³-hybridized carbons (Fsp3) is 0.222. The Hall–Kier alpha value is -3.93. The van der Waals surface area contributed by atoms with Crippen LogP contribution in [0.15, 0.2) is 72.8 Å². The minimum Gasteiger partial charge on any atom is -0.497 e. The minimum absolute atomic E-state index is 0.623. The highest BCUT2D eigenvalue weighted by Gasteiger charge is 2.10. The zero-order valence-electron chi connectivity index (χ0n) is 19.1. The number of aromatic nitrogens is 3. The molecule has 0 saturated carbocycles. The zero-order chi connectivity index (χ0) is 23.0. The van der Waals surface area contributed by atoms with Crippen molar-refractivity contribution in [3.8, 4) is 17.2 Å². The molecule has 0 N–H and O–H groups in total. The normalized spacial score (nSPS) is 10.6. The molecule has 33 heavy (non-hydrogen) atoms. The van der Waals surface area contributed by atoms with Crippen molar-refractivity contribution in [2.75, 3.05) is 21.3 Å². The third-order valence-electron chi connectivity index (χ3n) is 5.34.